The SMILES string of the molecule is CC1CC(C)C2OC3=C(C(=O)C2C1)C(c1cccc(O)c1)N(Cc1ccc(F)cc1)C3=O. The van der Waals surface area contributed by atoms with E-state index in [1.54, 1.807) is 41.3 Å². The first-order valence-corrected chi connectivity index (χ1v) is 11.1. The van der Waals surface area contributed by atoms with Crippen LogP contribution in [0, 0.1) is 23.6 Å². The maximum atomic E-state index is 13.8. The smallest absolute Gasteiger partial charge is 0.290 e. The van der Waals surface area contributed by atoms with Crippen LogP contribution < -0.4 is 0 Å². The summed E-state index contributed by atoms with van der Waals surface area (Å²) in [7, 11) is 0. The molecule has 0 bridgehead atoms. The summed E-state index contributed by atoms with van der Waals surface area (Å²) >= 11 is 0. The lowest BCUT2D eigenvalue weighted by molar-refractivity contribution is -0.139. The average Bonchev–Trinajstić information content (AvgIpc) is 3.03. The molecule has 1 amide bonds. The number of benzene rings is 2. The predicted molar refractivity (Wildman–Crippen MR) is 116 cm³/mol. The molecule has 5 nitrogen and oxygen atoms in total. The highest BCUT2D eigenvalue weighted by Crippen LogP contribution is 2.49. The zero-order chi connectivity index (χ0) is 22.6. The molecule has 2 aliphatic heterocycles. The molecule has 0 spiro atoms. The topological polar surface area (TPSA) is 66.8 Å². The number of amides is 1. The monoisotopic (exact) mass is 435 g/mol. The van der Waals surface area contributed by atoms with E-state index in [1.807, 2.05) is 0 Å². The number of phenolic OH excluding ortho intramolecular Hbond substituents is 1. The second-order valence-electron chi connectivity index (χ2n) is 9.41. The first-order valence-electron chi connectivity index (χ1n) is 11.1. The quantitative estimate of drug-likeness (QED) is 0.770. The third kappa shape index (κ3) is 3.38. The van der Waals surface area contributed by atoms with Crippen LogP contribution in [-0.2, 0) is 20.9 Å². The molecule has 32 heavy (non-hydrogen) atoms. The molecule has 166 valence electrons. The van der Waals surface area contributed by atoms with Gasteiger partial charge in [-0.3, -0.25) is 9.59 Å². The van der Waals surface area contributed by atoms with Gasteiger partial charge in [-0.2, -0.15) is 0 Å². The lowest BCUT2D eigenvalue weighted by Crippen LogP contribution is -2.45. The molecule has 2 heterocycles. The Balaban J connectivity index is 1.59. The van der Waals surface area contributed by atoms with Gasteiger partial charge in [0, 0.05) is 6.54 Å². The summed E-state index contributed by atoms with van der Waals surface area (Å²) in [5.74, 6) is -0.207. The van der Waals surface area contributed by atoms with Gasteiger partial charge >= 0.3 is 0 Å². The van der Waals surface area contributed by atoms with E-state index in [4.69, 9.17) is 4.74 Å². The van der Waals surface area contributed by atoms with Crippen molar-refractivity contribution in [3.63, 3.8) is 0 Å². The minimum absolute atomic E-state index is 0.0297. The third-order valence-corrected chi connectivity index (χ3v) is 6.98. The standard InChI is InChI=1S/C26H26FNO4/c1-14-10-15(2)24-20(11-14)23(30)21-22(17-4-3-5-19(29)12-17)28(26(31)25(21)32-24)13-16-6-8-18(27)9-7-16/h3-9,12,14-15,20,22,24,29H,10-11,13H2,1-2H3. The molecule has 0 saturated heterocycles. The van der Waals surface area contributed by atoms with Crippen molar-refractivity contribution in [3.05, 3.63) is 76.8 Å². The lowest BCUT2D eigenvalue weighted by Gasteiger charge is -2.41. The van der Waals surface area contributed by atoms with Crippen LogP contribution in [0.5, 0.6) is 5.75 Å². The summed E-state index contributed by atoms with van der Waals surface area (Å²) in [5, 5.41) is 10.1. The summed E-state index contributed by atoms with van der Waals surface area (Å²) in [5.41, 5.74) is 1.78. The van der Waals surface area contributed by atoms with Crippen molar-refractivity contribution < 1.29 is 23.8 Å². The number of rotatable bonds is 3. The number of hydrogen-bond donors (Lipinski definition) is 1. The van der Waals surface area contributed by atoms with Gasteiger partial charge in [-0.1, -0.05) is 38.1 Å². The molecule has 5 atom stereocenters. The van der Waals surface area contributed by atoms with Crippen molar-refractivity contribution in [1.82, 2.24) is 4.90 Å². The van der Waals surface area contributed by atoms with Crippen LogP contribution in [-0.4, -0.2) is 27.8 Å². The Hall–Kier alpha value is -3.15. The number of fused-ring (bicyclic) bond motifs is 1. The Morgan fingerprint density at radius 2 is 1.84 bits per heavy atom. The molecule has 1 saturated carbocycles. The number of carbonyl (C=O) groups excluding carboxylic acids is 2. The Bertz CT molecular complexity index is 1110. The highest BCUT2D eigenvalue weighted by Gasteiger charge is 2.53. The second kappa shape index (κ2) is 7.76. The van der Waals surface area contributed by atoms with E-state index in [1.165, 1.54) is 12.1 Å². The van der Waals surface area contributed by atoms with Crippen LogP contribution in [0.2, 0.25) is 0 Å². The van der Waals surface area contributed by atoms with Crippen LogP contribution in [0.15, 0.2) is 59.9 Å². The van der Waals surface area contributed by atoms with Crippen LogP contribution in [0.1, 0.15) is 43.9 Å². The Labute approximate surface area is 186 Å². The van der Waals surface area contributed by atoms with Crippen molar-refractivity contribution in [2.45, 2.75) is 45.4 Å². The first-order chi connectivity index (χ1) is 15.3. The normalized spacial score (nSPS) is 29.6. The van der Waals surface area contributed by atoms with Gasteiger partial charge in [0.2, 0.25) is 0 Å². The zero-order valence-corrected chi connectivity index (χ0v) is 18.1. The number of Topliss-reactive ketones (excluding diaryl/α,β-unsaturated/α-hetero) is 1. The first kappa shape index (κ1) is 20.7. The molecule has 0 aromatic heterocycles. The Morgan fingerprint density at radius 1 is 1.09 bits per heavy atom. The lowest BCUT2D eigenvalue weighted by atomic mass is 9.70. The molecule has 5 rings (SSSR count). The van der Waals surface area contributed by atoms with Crippen LogP contribution >= 0.6 is 0 Å². The number of nitrogens with zero attached hydrogens (tertiary/aromatic N) is 1. The number of hydrogen-bond acceptors (Lipinski definition) is 4. The van der Waals surface area contributed by atoms with Crippen molar-refractivity contribution in [1.29, 1.82) is 0 Å². The fourth-order valence-electron chi connectivity index (χ4n) is 5.61. The number of aromatic hydroxyl groups is 1. The van der Waals surface area contributed by atoms with Gasteiger partial charge in [-0.25, -0.2) is 4.39 Å². The number of halogens is 1. The fraction of sp³-hybridized carbons (Fsp3) is 0.385. The fourth-order valence-corrected chi connectivity index (χ4v) is 5.61. The van der Waals surface area contributed by atoms with E-state index in [9.17, 15) is 19.1 Å². The van der Waals surface area contributed by atoms with Crippen LogP contribution in [0.25, 0.3) is 0 Å². The van der Waals surface area contributed by atoms with Gasteiger partial charge in [-0.15, -0.1) is 0 Å². The Morgan fingerprint density at radius 3 is 2.56 bits per heavy atom. The highest BCUT2D eigenvalue weighted by atomic mass is 19.1. The van der Waals surface area contributed by atoms with Gasteiger partial charge in [0.05, 0.1) is 17.5 Å². The van der Waals surface area contributed by atoms with E-state index < -0.39 is 6.04 Å². The molecule has 1 aliphatic carbocycles. The summed E-state index contributed by atoms with van der Waals surface area (Å²) in [6, 6.07) is 11.9. The van der Waals surface area contributed by atoms with Gasteiger partial charge in [0.25, 0.3) is 5.91 Å². The Kier molecular flexibility index (Phi) is 5.03. The average molecular weight is 435 g/mol. The zero-order valence-electron chi connectivity index (χ0n) is 18.1. The molecule has 1 N–H and O–H groups in total. The van der Waals surface area contributed by atoms with Gasteiger partial charge in [0.15, 0.2) is 11.5 Å². The summed E-state index contributed by atoms with van der Waals surface area (Å²) in [6.45, 7) is 4.43. The van der Waals surface area contributed by atoms with E-state index in [2.05, 4.69) is 13.8 Å². The summed E-state index contributed by atoms with van der Waals surface area (Å²) in [4.78, 5) is 28.9. The summed E-state index contributed by atoms with van der Waals surface area (Å²) < 4.78 is 19.7. The van der Waals surface area contributed by atoms with E-state index in [0.717, 1.165) is 18.4 Å². The van der Waals surface area contributed by atoms with Crippen molar-refractivity contribution in [2.75, 3.05) is 0 Å². The molecule has 6 heteroatoms. The van der Waals surface area contributed by atoms with Crippen molar-refractivity contribution >= 4 is 11.7 Å². The van der Waals surface area contributed by atoms with E-state index >= 15 is 0 Å². The highest BCUT2D eigenvalue weighted by molar-refractivity contribution is 6.11. The maximum Gasteiger partial charge on any atom is 0.290 e. The van der Waals surface area contributed by atoms with Gasteiger partial charge < -0.3 is 14.7 Å². The number of phenols is 1. The van der Waals surface area contributed by atoms with E-state index in [-0.39, 0.29) is 53.5 Å². The summed E-state index contributed by atoms with van der Waals surface area (Å²) in [6.07, 6.45) is 1.40. The predicted octanol–water partition coefficient (Wildman–Crippen LogP) is 4.52. The molecular formula is C26H26FNO4. The van der Waals surface area contributed by atoms with Crippen LogP contribution in [0.4, 0.5) is 4.39 Å². The molecule has 3 aliphatic rings. The minimum Gasteiger partial charge on any atom is -0.508 e. The van der Waals surface area contributed by atoms with Crippen molar-refractivity contribution in [2.24, 2.45) is 17.8 Å². The largest absolute Gasteiger partial charge is 0.508 e. The number of carbonyl (C=O) groups is 2. The molecule has 5 unspecified atom stereocenters. The van der Waals surface area contributed by atoms with Gasteiger partial charge in [0.1, 0.15) is 17.7 Å². The molecular weight excluding hydrogens is 409 g/mol. The molecule has 2 aromatic carbocycles. The third-order valence-electron chi connectivity index (χ3n) is 6.98. The second-order valence-corrected chi connectivity index (χ2v) is 9.41. The minimum atomic E-state index is -0.657. The number of ether oxygens (including phenoxy) is 1. The van der Waals surface area contributed by atoms with E-state index in [0.29, 0.717) is 17.1 Å². The molecule has 0 radical (unpaired) electrons. The number of ketones is 1. The molecule has 1 fully saturated rings. The molecule has 2 aromatic rings. The maximum absolute atomic E-state index is 13.8. The van der Waals surface area contributed by atoms with Gasteiger partial charge in [-0.05, 0) is 60.1 Å². The van der Waals surface area contributed by atoms with Crippen molar-refractivity contribution in [3.8, 4) is 5.75 Å². The van der Waals surface area contributed by atoms with Crippen LogP contribution in [0.3, 0.4) is 0 Å².